The quantitative estimate of drug-likeness (QED) is 0.338. The van der Waals surface area contributed by atoms with Gasteiger partial charge < -0.3 is 4.90 Å². The Kier molecular flexibility index (Phi) is 11.6. The summed E-state index contributed by atoms with van der Waals surface area (Å²) in [5.41, 5.74) is 1.38. The highest BCUT2D eigenvalue weighted by molar-refractivity contribution is 4.92. The summed E-state index contributed by atoms with van der Waals surface area (Å²) in [5.74, 6) is 0.926. The summed E-state index contributed by atoms with van der Waals surface area (Å²) in [7, 11) is 2.24. The van der Waals surface area contributed by atoms with Crippen molar-refractivity contribution in [2.75, 3.05) is 20.1 Å². The van der Waals surface area contributed by atoms with Crippen molar-refractivity contribution in [3.63, 3.8) is 0 Å². The Labute approximate surface area is 116 Å². The molecule has 0 bridgehead atoms. The van der Waals surface area contributed by atoms with Crippen molar-refractivity contribution >= 4 is 0 Å². The monoisotopic (exact) mass is 253 g/mol. The topological polar surface area (TPSA) is 3.24 Å². The molecule has 108 valence electrons. The van der Waals surface area contributed by atoms with Gasteiger partial charge in [0.05, 0.1) is 0 Å². The smallest absolute Gasteiger partial charge is 0.00154 e. The highest BCUT2D eigenvalue weighted by Gasteiger charge is 2.03. The van der Waals surface area contributed by atoms with Crippen LogP contribution in [0.25, 0.3) is 0 Å². The van der Waals surface area contributed by atoms with Gasteiger partial charge in [0.25, 0.3) is 0 Å². The molecule has 0 radical (unpaired) electrons. The van der Waals surface area contributed by atoms with E-state index >= 15 is 0 Å². The fourth-order valence-corrected chi connectivity index (χ4v) is 2.21. The molecule has 1 atom stereocenters. The Morgan fingerprint density at radius 1 is 1.06 bits per heavy atom. The maximum atomic E-state index is 4.07. The molecule has 1 unspecified atom stereocenters. The zero-order chi connectivity index (χ0) is 13.8. The fraction of sp³-hybridized carbons (Fsp3) is 0.882. The summed E-state index contributed by atoms with van der Waals surface area (Å²) in [5, 5.41) is 0. The van der Waals surface area contributed by atoms with Gasteiger partial charge in [-0.2, -0.15) is 0 Å². The molecule has 0 aliphatic carbocycles. The molecule has 0 saturated heterocycles. The summed E-state index contributed by atoms with van der Waals surface area (Å²) < 4.78 is 0. The van der Waals surface area contributed by atoms with Gasteiger partial charge in [-0.15, -0.1) is 0 Å². The van der Waals surface area contributed by atoms with Crippen LogP contribution < -0.4 is 0 Å². The Bertz CT molecular complexity index is 198. The molecule has 1 nitrogen and oxygen atoms in total. The number of unbranched alkanes of at least 4 members (excludes halogenated alkanes) is 2. The minimum Gasteiger partial charge on any atom is -0.306 e. The molecule has 0 saturated carbocycles. The first-order valence-corrected chi connectivity index (χ1v) is 7.95. The van der Waals surface area contributed by atoms with Gasteiger partial charge >= 0.3 is 0 Å². The Hall–Kier alpha value is -0.300. The van der Waals surface area contributed by atoms with Crippen LogP contribution in [0.2, 0.25) is 0 Å². The van der Waals surface area contributed by atoms with Crippen LogP contribution in [0.3, 0.4) is 0 Å². The summed E-state index contributed by atoms with van der Waals surface area (Å²) in [6, 6.07) is 0. The van der Waals surface area contributed by atoms with Crippen LogP contribution in [0.1, 0.15) is 72.1 Å². The maximum absolute atomic E-state index is 4.07. The minimum atomic E-state index is 0.926. The Morgan fingerprint density at radius 3 is 2.33 bits per heavy atom. The van der Waals surface area contributed by atoms with Gasteiger partial charge in [0.15, 0.2) is 0 Å². The van der Waals surface area contributed by atoms with E-state index in [1.165, 1.54) is 63.6 Å². The lowest BCUT2D eigenvalue weighted by Crippen LogP contribution is -2.21. The van der Waals surface area contributed by atoms with E-state index in [1.807, 2.05) is 0 Å². The highest BCUT2D eigenvalue weighted by Crippen LogP contribution is 2.15. The van der Waals surface area contributed by atoms with Gasteiger partial charge in [-0.1, -0.05) is 65.0 Å². The molecule has 0 aromatic rings. The van der Waals surface area contributed by atoms with Gasteiger partial charge in [0.1, 0.15) is 0 Å². The predicted octanol–water partition coefficient (Wildman–Crippen LogP) is 5.27. The van der Waals surface area contributed by atoms with Crippen LogP contribution in [-0.2, 0) is 0 Å². The van der Waals surface area contributed by atoms with Crippen molar-refractivity contribution in [3.8, 4) is 0 Å². The molecular weight excluding hydrogens is 218 g/mol. The lowest BCUT2D eigenvalue weighted by Gasteiger charge is -2.17. The van der Waals surface area contributed by atoms with E-state index in [-0.39, 0.29) is 0 Å². The second-order valence-electron chi connectivity index (χ2n) is 5.90. The highest BCUT2D eigenvalue weighted by atomic mass is 15.1. The van der Waals surface area contributed by atoms with E-state index in [0.717, 1.165) is 12.3 Å². The third-order valence-electron chi connectivity index (χ3n) is 3.88. The molecule has 0 spiro atoms. The van der Waals surface area contributed by atoms with Crippen LogP contribution in [0.15, 0.2) is 12.2 Å². The third-order valence-corrected chi connectivity index (χ3v) is 3.88. The number of hydrogen-bond acceptors (Lipinski definition) is 1. The average Bonchev–Trinajstić information content (AvgIpc) is 2.38. The summed E-state index contributed by atoms with van der Waals surface area (Å²) in [6.45, 7) is 13.4. The minimum absolute atomic E-state index is 0.926. The molecular formula is C17H35N. The standard InChI is InChI=1S/C17H35N/c1-6-8-11-17(4)12-9-10-14-18(5)15-13-16(3)7-2/h17H,3,6-15H2,1-2,4-5H3. The van der Waals surface area contributed by atoms with Crippen LogP contribution in [-0.4, -0.2) is 25.0 Å². The van der Waals surface area contributed by atoms with E-state index in [2.05, 4.69) is 39.3 Å². The first kappa shape index (κ1) is 17.7. The molecule has 0 N–H and O–H groups in total. The Balaban J connectivity index is 3.39. The molecule has 1 heteroatoms. The number of hydrogen-bond donors (Lipinski definition) is 0. The molecule has 0 aromatic heterocycles. The summed E-state index contributed by atoms with van der Waals surface area (Å²) in [6.07, 6.45) is 10.6. The van der Waals surface area contributed by atoms with Gasteiger partial charge in [-0.05, 0) is 38.8 Å². The molecule has 0 rings (SSSR count). The third kappa shape index (κ3) is 10.8. The average molecular weight is 253 g/mol. The van der Waals surface area contributed by atoms with Gasteiger partial charge in [-0.25, -0.2) is 0 Å². The van der Waals surface area contributed by atoms with Crippen molar-refractivity contribution < 1.29 is 0 Å². The zero-order valence-electron chi connectivity index (χ0n) is 13.3. The summed E-state index contributed by atoms with van der Waals surface area (Å²) >= 11 is 0. The van der Waals surface area contributed by atoms with Gasteiger partial charge in [0, 0.05) is 6.54 Å². The van der Waals surface area contributed by atoms with E-state index in [0.29, 0.717) is 0 Å². The molecule has 0 heterocycles. The second kappa shape index (κ2) is 11.8. The summed E-state index contributed by atoms with van der Waals surface area (Å²) in [4.78, 5) is 2.46. The predicted molar refractivity (Wildman–Crippen MR) is 84.1 cm³/mol. The van der Waals surface area contributed by atoms with Crippen LogP contribution >= 0.6 is 0 Å². The first-order chi connectivity index (χ1) is 8.60. The molecule has 0 aromatic carbocycles. The van der Waals surface area contributed by atoms with E-state index in [1.54, 1.807) is 0 Å². The SMILES string of the molecule is C=C(CC)CCN(C)CCCCC(C)CCCC. The Morgan fingerprint density at radius 2 is 1.72 bits per heavy atom. The van der Waals surface area contributed by atoms with Crippen LogP contribution in [0, 0.1) is 5.92 Å². The van der Waals surface area contributed by atoms with Crippen molar-refractivity contribution in [3.05, 3.63) is 12.2 Å². The van der Waals surface area contributed by atoms with Crippen molar-refractivity contribution in [2.45, 2.75) is 72.1 Å². The van der Waals surface area contributed by atoms with Gasteiger partial charge in [-0.3, -0.25) is 0 Å². The zero-order valence-corrected chi connectivity index (χ0v) is 13.3. The van der Waals surface area contributed by atoms with Crippen molar-refractivity contribution in [1.82, 2.24) is 4.90 Å². The maximum Gasteiger partial charge on any atom is 0.00154 e. The van der Waals surface area contributed by atoms with E-state index in [9.17, 15) is 0 Å². The van der Waals surface area contributed by atoms with Gasteiger partial charge in [0.2, 0.25) is 0 Å². The number of nitrogens with zero attached hydrogens (tertiary/aromatic N) is 1. The molecule has 0 aliphatic heterocycles. The molecule has 18 heavy (non-hydrogen) atoms. The van der Waals surface area contributed by atoms with Crippen LogP contribution in [0.4, 0.5) is 0 Å². The fourth-order valence-electron chi connectivity index (χ4n) is 2.21. The lowest BCUT2D eigenvalue weighted by atomic mass is 9.98. The second-order valence-corrected chi connectivity index (χ2v) is 5.90. The molecule has 0 fully saturated rings. The van der Waals surface area contributed by atoms with E-state index in [4.69, 9.17) is 0 Å². The normalized spacial score (nSPS) is 12.9. The first-order valence-electron chi connectivity index (χ1n) is 7.95. The lowest BCUT2D eigenvalue weighted by molar-refractivity contribution is 0.320. The van der Waals surface area contributed by atoms with Crippen molar-refractivity contribution in [2.24, 2.45) is 5.92 Å². The van der Waals surface area contributed by atoms with Crippen molar-refractivity contribution in [1.29, 1.82) is 0 Å². The molecule has 0 aliphatic rings. The number of rotatable bonds is 12. The molecule has 0 amide bonds. The van der Waals surface area contributed by atoms with Crippen LogP contribution in [0.5, 0.6) is 0 Å². The van der Waals surface area contributed by atoms with E-state index < -0.39 is 0 Å². The largest absolute Gasteiger partial charge is 0.306 e.